The highest BCUT2D eigenvalue weighted by molar-refractivity contribution is 9.10. The molecule has 1 aromatic carbocycles. The molecule has 0 fully saturated rings. The third-order valence-corrected chi connectivity index (χ3v) is 4.02. The molecule has 0 aliphatic carbocycles. The highest BCUT2D eigenvalue weighted by Crippen LogP contribution is 2.20. The maximum Gasteiger partial charge on any atom is 0.0735 e. The number of hydrogen-bond acceptors (Lipinski definition) is 1. The summed E-state index contributed by atoms with van der Waals surface area (Å²) in [5.74, 6) is 0. The Labute approximate surface area is 102 Å². The van der Waals surface area contributed by atoms with Gasteiger partial charge in [-0.25, -0.2) is 0 Å². The van der Waals surface area contributed by atoms with Crippen molar-refractivity contribution in [3.63, 3.8) is 0 Å². The van der Waals surface area contributed by atoms with E-state index in [4.69, 9.17) is 4.74 Å². The number of rotatable bonds is 4. The lowest BCUT2D eigenvalue weighted by Crippen LogP contribution is -2.25. The van der Waals surface area contributed by atoms with Gasteiger partial charge in [-0.2, -0.15) is 0 Å². The Kier molecular flexibility index (Phi) is 4.61. The minimum absolute atomic E-state index is 0.116. The molecule has 0 radical (unpaired) electrons. The third-order valence-electron chi connectivity index (χ3n) is 1.90. The van der Waals surface area contributed by atoms with Gasteiger partial charge in [-0.1, -0.05) is 50.1 Å². The van der Waals surface area contributed by atoms with E-state index in [0.717, 1.165) is 9.80 Å². The molecule has 0 unspecified atom stereocenters. The lowest BCUT2D eigenvalue weighted by atomic mass is 10.2. The molecule has 0 aliphatic rings. The first kappa shape index (κ1) is 12.2. The second-order valence-electron chi connectivity index (χ2n) is 3.77. The van der Waals surface area contributed by atoms with Crippen molar-refractivity contribution in [2.24, 2.45) is 0 Å². The van der Waals surface area contributed by atoms with Crippen LogP contribution in [0.2, 0.25) is 0 Å². The fraction of sp³-hybridized carbons (Fsp3) is 0.455. The fourth-order valence-electron chi connectivity index (χ4n) is 0.927. The Hall–Kier alpha value is 0.140. The molecule has 0 aliphatic heterocycles. The van der Waals surface area contributed by atoms with Crippen LogP contribution in [0.5, 0.6) is 0 Å². The molecule has 0 atom stereocenters. The zero-order chi connectivity index (χ0) is 10.6. The van der Waals surface area contributed by atoms with Crippen molar-refractivity contribution in [2.75, 3.05) is 5.33 Å². The third kappa shape index (κ3) is 3.71. The van der Waals surface area contributed by atoms with E-state index in [1.807, 2.05) is 18.2 Å². The van der Waals surface area contributed by atoms with E-state index in [1.165, 1.54) is 5.56 Å². The van der Waals surface area contributed by atoms with Gasteiger partial charge in [0, 0.05) is 9.80 Å². The summed E-state index contributed by atoms with van der Waals surface area (Å²) in [6, 6.07) is 8.11. The number of ether oxygens (including phenoxy) is 1. The van der Waals surface area contributed by atoms with E-state index < -0.39 is 0 Å². The molecule has 1 aromatic rings. The van der Waals surface area contributed by atoms with Crippen LogP contribution >= 0.6 is 31.9 Å². The first-order chi connectivity index (χ1) is 6.55. The normalized spacial score (nSPS) is 11.7. The van der Waals surface area contributed by atoms with E-state index >= 15 is 0 Å². The van der Waals surface area contributed by atoms with Crippen LogP contribution in [0.3, 0.4) is 0 Å². The molecule has 0 heterocycles. The topological polar surface area (TPSA) is 9.23 Å². The van der Waals surface area contributed by atoms with Crippen LogP contribution in [0.4, 0.5) is 0 Å². The zero-order valence-corrected chi connectivity index (χ0v) is 11.6. The van der Waals surface area contributed by atoms with Crippen LogP contribution in [0.1, 0.15) is 19.4 Å². The van der Waals surface area contributed by atoms with Crippen molar-refractivity contribution in [2.45, 2.75) is 26.1 Å². The molecule has 14 heavy (non-hydrogen) atoms. The van der Waals surface area contributed by atoms with Crippen LogP contribution in [0.25, 0.3) is 0 Å². The SMILES string of the molecule is CC(C)(CBr)OCc1ccccc1Br. The van der Waals surface area contributed by atoms with Crippen LogP contribution in [0, 0.1) is 0 Å². The molecule has 0 amide bonds. The highest BCUT2D eigenvalue weighted by atomic mass is 79.9. The van der Waals surface area contributed by atoms with Gasteiger partial charge in [0.15, 0.2) is 0 Å². The van der Waals surface area contributed by atoms with Crippen LogP contribution < -0.4 is 0 Å². The summed E-state index contributed by atoms with van der Waals surface area (Å²) in [4.78, 5) is 0. The molecular formula is C11H14Br2O. The number of hydrogen-bond donors (Lipinski definition) is 0. The average molecular weight is 322 g/mol. The Bertz CT molecular complexity index is 297. The van der Waals surface area contributed by atoms with E-state index in [0.29, 0.717) is 6.61 Å². The molecule has 0 saturated carbocycles. The summed E-state index contributed by atoms with van der Waals surface area (Å²) >= 11 is 6.92. The van der Waals surface area contributed by atoms with Crippen molar-refractivity contribution in [3.8, 4) is 0 Å². The predicted molar refractivity (Wildman–Crippen MR) is 66.8 cm³/mol. The van der Waals surface area contributed by atoms with E-state index in [9.17, 15) is 0 Å². The monoisotopic (exact) mass is 320 g/mol. The molecule has 3 heteroatoms. The van der Waals surface area contributed by atoms with Crippen molar-refractivity contribution < 1.29 is 4.74 Å². The fourth-order valence-corrected chi connectivity index (χ4v) is 1.49. The van der Waals surface area contributed by atoms with Crippen molar-refractivity contribution in [3.05, 3.63) is 34.3 Å². The molecule has 1 rings (SSSR count). The van der Waals surface area contributed by atoms with Crippen molar-refractivity contribution in [1.29, 1.82) is 0 Å². The van der Waals surface area contributed by atoms with Gasteiger partial charge in [0.2, 0.25) is 0 Å². The van der Waals surface area contributed by atoms with Gasteiger partial charge >= 0.3 is 0 Å². The summed E-state index contributed by atoms with van der Waals surface area (Å²) in [6.07, 6.45) is 0. The van der Waals surface area contributed by atoms with Gasteiger partial charge in [-0.05, 0) is 25.5 Å². The molecular weight excluding hydrogens is 308 g/mol. The molecule has 78 valence electrons. The lowest BCUT2D eigenvalue weighted by Gasteiger charge is -2.22. The van der Waals surface area contributed by atoms with Crippen LogP contribution in [-0.2, 0) is 11.3 Å². The first-order valence-electron chi connectivity index (χ1n) is 4.48. The summed E-state index contributed by atoms with van der Waals surface area (Å²) in [7, 11) is 0. The van der Waals surface area contributed by atoms with Gasteiger partial charge in [-0.3, -0.25) is 0 Å². The second-order valence-corrected chi connectivity index (χ2v) is 5.19. The van der Waals surface area contributed by atoms with Gasteiger partial charge in [0.25, 0.3) is 0 Å². The predicted octanol–water partition coefficient (Wildman–Crippen LogP) is 4.14. The van der Waals surface area contributed by atoms with Gasteiger partial charge in [0.05, 0.1) is 12.2 Å². The smallest absolute Gasteiger partial charge is 0.0735 e. The summed E-state index contributed by atoms with van der Waals surface area (Å²) in [5, 5.41) is 0.838. The largest absolute Gasteiger partial charge is 0.370 e. The number of halogens is 2. The second kappa shape index (κ2) is 5.29. The Morgan fingerprint density at radius 2 is 1.93 bits per heavy atom. The number of benzene rings is 1. The Balaban J connectivity index is 2.58. The summed E-state index contributed by atoms with van der Waals surface area (Å²) < 4.78 is 6.87. The highest BCUT2D eigenvalue weighted by Gasteiger charge is 2.16. The first-order valence-corrected chi connectivity index (χ1v) is 6.40. The lowest BCUT2D eigenvalue weighted by molar-refractivity contribution is -0.0106. The quantitative estimate of drug-likeness (QED) is 0.757. The molecule has 1 nitrogen and oxygen atoms in total. The minimum Gasteiger partial charge on any atom is -0.370 e. The maximum absolute atomic E-state index is 5.77. The minimum atomic E-state index is -0.116. The van der Waals surface area contributed by atoms with Crippen molar-refractivity contribution >= 4 is 31.9 Å². The Morgan fingerprint density at radius 1 is 1.29 bits per heavy atom. The van der Waals surface area contributed by atoms with Crippen LogP contribution in [0.15, 0.2) is 28.7 Å². The summed E-state index contributed by atoms with van der Waals surface area (Å²) in [6.45, 7) is 4.78. The molecule has 0 spiro atoms. The van der Waals surface area contributed by atoms with E-state index in [-0.39, 0.29) is 5.60 Å². The maximum atomic E-state index is 5.77. The zero-order valence-electron chi connectivity index (χ0n) is 8.39. The van der Waals surface area contributed by atoms with Crippen LogP contribution in [-0.4, -0.2) is 10.9 Å². The molecule has 0 saturated heterocycles. The van der Waals surface area contributed by atoms with Crippen molar-refractivity contribution in [1.82, 2.24) is 0 Å². The van der Waals surface area contributed by atoms with Gasteiger partial charge < -0.3 is 4.74 Å². The molecule has 0 bridgehead atoms. The van der Waals surface area contributed by atoms with Gasteiger partial charge in [-0.15, -0.1) is 0 Å². The number of alkyl halides is 1. The molecule has 0 aromatic heterocycles. The summed E-state index contributed by atoms with van der Waals surface area (Å²) in [5.41, 5.74) is 1.07. The average Bonchev–Trinajstić information content (AvgIpc) is 2.17. The van der Waals surface area contributed by atoms with E-state index in [2.05, 4.69) is 51.8 Å². The Morgan fingerprint density at radius 3 is 2.50 bits per heavy atom. The molecule has 0 N–H and O–H groups in total. The standard InChI is InChI=1S/C11H14Br2O/c1-11(2,8-12)14-7-9-5-3-4-6-10(9)13/h3-6H,7-8H2,1-2H3. The van der Waals surface area contributed by atoms with E-state index in [1.54, 1.807) is 0 Å². The van der Waals surface area contributed by atoms with Gasteiger partial charge in [0.1, 0.15) is 0 Å².